The third-order valence-corrected chi connectivity index (χ3v) is 4.79. The first-order chi connectivity index (χ1) is 8.90. The molecule has 1 aromatic heterocycles. The molecule has 1 aromatic carbocycles. The molecule has 4 nitrogen and oxygen atoms in total. The molecule has 0 amide bonds. The van der Waals surface area contributed by atoms with Gasteiger partial charge in [-0.1, -0.05) is 11.6 Å². The Bertz CT molecular complexity index is 724. The number of hydrogen-bond donors (Lipinski definition) is 1. The molecule has 0 unspecified atom stereocenters. The lowest BCUT2D eigenvalue weighted by Crippen LogP contribution is -2.14. The summed E-state index contributed by atoms with van der Waals surface area (Å²) in [5.74, 6) is -0.526. The Morgan fingerprint density at radius 1 is 1.32 bits per heavy atom. The first-order valence-electron chi connectivity index (χ1n) is 4.98. The van der Waals surface area contributed by atoms with Crippen molar-refractivity contribution in [3.8, 4) is 0 Å². The van der Waals surface area contributed by atoms with Gasteiger partial charge in [0.05, 0.1) is 5.02 Å². The second kappa shape index (κ2) is 5.44. The summed E-state index contributed by atoms with van der Waals surface area (Å²) in [5.41, 5.74) is 0. The number of benzene rings is 1. The molecule has 0 atom stereocenters. The molecule has 100 valence electrons. The average Bonchev–Trinajstić information content (AvgIpc) is 2.31. The van der Waals surface area contributed by atoms with Crippen LogP contribution in [0.15, 0.2) is 45.9 Å². The smallest absolute Gasteiger partial charge is 0.262 e. The Morgan fingerprint density at radius 3 is 2.68 bits per heavy atom. The van der Waals surface area contributed by atoms with Crippen LogP contribution >= 0.6 is 27.5 Å². The van der Waals surface area contributed by atoms with Gasteiger partial charge < -0.3 is 0 Å². The zero-order valence-electron chi connectivity index (χ0n) is 9.27. The van der Waals surface area contributed by atoms with E-state index in [1.165, 1.54) is 12.3 Å². The fraction of sp³-hybridized carbons (Fsp3) is 0. The van der Waals surface area contributed by atoms with Crippen molar-refractivity contribution < 1.29 is 12.8 Å². The van der Waals surface area contributed by atoms with Crippen LogP contribution in [-0.4, -0.2) is 13.4 Å². The molecule has 0 spiro atoms. The summed E-state index contributed by atoms with van der Waals surface area (Å²) in [7, 11) is -3.89. The van der Waals surface area contributed by atoms with Gasteiger partial charge >= 0.3 is 0 Å². The van der Waals surface area contributed by atoms with E-state index in [0.717, 1.165) is 18.2 Å². The van der Waals surface area contributed by atoms with Gasteiger partial charge in [0.1, 0.15) is 10.7 Å². The Kier molecular flexibility index (Phi) is 4.07. The number of aromatic nitrogens is 1. The Hall–Kier alpha value is -1.18. The van der Waals surface area contributed by atoms with Gasteiger partial charge in [-0.05, 0) is 46.3 Å². The number of halogens is 3. The minimum Gasteiger partial charge on any atom is -0.262 e. The van der Waals surface area contributed by atoms with Crippen LogP contribution in [0, 0.1) is 5.82 Å². The molecule has 0 aliphatic heterocycles. The summed E-state index contributed by atoms with van der Waals surface area (Å²) in [5, 5.41) is 0.171. The highest BCUT2D eigenvalue weighted by Crippen LogP contribution is 2.26. The molecular weight excluding hydrogens is 359 g/mol. The molecule has 1 N–H and O–H groups in total. The maximum atomic E-state index is 12.9. The van der Waals surface area contributed by atoms with Crippen molar-refractivity contribution in [2.45, 2.75) is 4.90 Å². The highest BCUT2D eigenvalue weighted by atomic mass is 79.9. The van der Waals surface area contributed by atoms with Gasteiger partial charge in [-0.25, -0.2) is 17.8 Å². The minimum atomic E-state index is -3.89. The number of pyridine rings is 1. The van der Waals surface area contributed by atoms with Crippen LogP contribution < -0.4 is 4.72 Å². The van der Waals surface area contributed by atoms with E-state index in [0.29, 0.717) is 0 Å². The van der Waals surface area contributed by atoms with Crippen LogP contribution in [0.1, 0.15) is 0 Å². The quantitative estimate of drug-likeness (QED) is 0.906. The van der Waals surface area contributed by atoms with E-state index in [9.17, 15) is 12.8 Å². The third kappa shape index (κ3) is 3.23. The summed E-state index contributed by atoms with van der Waals surface area (Å²) in [4.78, 5) is 3.72. The van der Waals surface area contributed by atoms with Crippen LogP contribution in [0.25, 0.3) is 0 Å². The monoisotopic (exact) mass is 364 g/mol. The lowest BCUT2D eigenvalue weighted by atomic mass is 10.3. The van der Waals surface area contributed by atoms with Crippen LogP contribution in [-0.2, 0) is 10.0 Å². The van der Waals surface area contributed by atoms with Gasteiger partial charge in [0.25, 0.3) is 10.0 Å². The number of nitrogens with zero attached hydrogens (tertiary/aromatic N) is 1. The maximum Gasteiger partial charge on any atom is 0.264 e. The zero-order chi connectivity index (χ0) is 14.0. The molecule has 0 saturated heterocycles. The predicted octanol–water partition coefficient (Wildman–Crippen LogP) is 3.44. The van der Waals surface area contributed by atoms with E-state index in [1.54, 1.807) is 6.07 Å². The van der Waals surface area contributed by atoms with Crippen molar-refractivity contribution in [3.63, 3.8) is 0 Å². The average molecular weight is 366 g/mol. The highest BCUT2D eigenvalue weighted by Gasteiger charge is 2.19. The molecule has 8 heteroatoms. The zero-order valence-corrected chi connectivity index (χ0v) is 12.4. The molecule has 0 radical (unpaired) electrons. The van der Waals surface area contributed by atoms with E-state index in [1.807, 2.05) is 0 Å². The summed E-state index contributed by atoms with van der Waals surface area (Å²) in [6.45, 7) is 0. The number of rotatable bonds is 3. The van der Waals surface area contributed by atoms with Gasteiger partial charge in [0.2, 0.25) is 0 Å². The van der Waals surface area contributed by atoms with Gasteiger partial charge in [-0.2, -0.15) is 0 Å². The maximum absolute atomic E-state index is 12.9. The summed E-state index contributed by atoms with van der Waals surface area (Å²) < 4.78 is 39.6. The van der Waals surface area contributed by atoms with Crippen molar-refractivity contribution in [2.75, 3.05) is 4.72 Å². The molecule has 1 heterocycles. The van der Waals surface area contributed by atoms with E-state index in [4.69, 9.17) is 11.6 Å². The fourth-order valence-electron chi connectivity index (χ4n) is 1.34. The van der Waals surface area contributed by atoms with Crippen LogP contribution in [0.2, 0.25) is 5.02 Å². The Balaban J connectivity index is 2.41. The molecule has 0 saturated carbocycles. The number of anilines is 1. The van der Waals surface area contributed by atoms with Crippen molar-refractivity contribution >= 4 is 43.4 Å². The second-order valence-corrected chi connectivity index (χ2v) is 6.43. The number of nitrogens with one attached hydrogen (secondary N) is 1. The lowest BCUT2D eigenvalue weighted by molar-refractivity contribution is 0.598. The van der Waals surface area contributed by atoms with Gasteiger partial charge in [0.15, 0.2) is 5.82 Å². The van der Waals surface area contributed by atoms with Gasteiger partial charge in [-0.15, -0.1) is 0 Å². The largest absolute Gasteiger partial charge is 0.264 e. The SMILES string of the molecule is O=S(=O)(Nc1ncccc1Cl)c1ccc(F)cc1Br. The van der Waals surface area contributed by atoms with Crippen molar-refractivity contribution in [2.24, 2.45) is 0 Å². The first-order valence-corrected chi connectivity index (χ1v) is 7.64. The molecule has 0 bridgehead atoms. The Labute approximate surface area is 122 Å². The summed E-state index contributed by atoms with van der Waals surface area (Å²) >= 11 is 8.82. The fourth-order valence-corrected chi connectivity index (χ4v) is 3.64. The van der Waals surface area contributed by atoms with Crippen LogP contribution in [0.3, 0.4) is 0 Å². The van der Waals surface area contributed by atoms with E-state index in [2.05, 4.69) is 25.6 Å². The number of sulfonamides is 1. The summed E-state index contributed by atoms with van der Waals surface area (Å²) in [6.07, 6.45) is 1.41. The second-order valence-electron chi connectivity index (χ2n) is 3.51. The predicted molar refractivity (Wildman–Crippen MR) is 74.2 cm³/mol. The van der Waals surface area contributed by atoms with Crippen molar-refractivity contribution in [3.05, 3.63) is 51.8 Å². The summed E-state index contributed by atoms with van der Waals surface area (Å²) in [6, 6.07) is 6.35. The molecule has 0 aliphatic carbocycles. The third-order valence-electron chi connectivity index (χ3n) is 2.17. The molecule has 0 aliphatic rings. The molecule has 19 heavy (non-hydrogen) atoms. The Morgan fingerprint density at radius 2 is 2.05 bits per heavy atom. The van der Waals surface area contributed by atoms with Crippen LogP contribution in [0.5, 0.6) is 0 Å². The van der Waals surface area contributed by atoms with Crippen LogP contribution in [0.4, 0.5) is 10.2 Å². The molecule has 0 fully saturated rings. The van der Waals surface area contributed by atoms with E-state index in [-0.39, 0.29) is 20.2 Å². The molecule has 2 rings (SSSR count). The molecular formula is C11H7BrClFN2O2S. The lowest BCUT2D eigenvalue weighted by Gasteiger charge is -2.09. The van der Waals surface area contributed by atoms with E-state index >= 15 is 0 Å². The van der Waals surface area contributed by atoms with Gasteiger partial charge in [0, 0.05) is 10.7 Å². The highest BCUT2D eigenvalue weighted by molar-refractivity contribution is 9.10. The normalized spacial score (nSPS) is 11.3. The number of hydrogen-bond acceptors (Lipinski definition) is 3. The van der Waals surface area contributed by atoms with Gasteiger partial charge in [-0.3, -0.25) is 4.72 Å². The first kappa shape index (κ1) is 14.2. The topological polar surface area (TPSA) is 59.1 Å². The van der Waals surface area contributed by atoms with E-state index < -0.39 is 15.8 Å². The minimum absolute atomic E-state index is 0.0143. The standard InChI is InChI=1S/C11H7BrClFN2O2S/c12-8-6-7(14)3-4-10(8)19(17,18)16-11-9(13)2-1-5-15-11/h1-6H,(H,15,16). The van der Waals surface area contributed by atoms with Crippen molar-refractivity contribution in [1.82, 2.24) is 4.98 Å². The molecule has 2 aromatic rings. The van der Waals surface area contributed by atoms with Crippen molar-refractivity contribution in [1.29, 1.82) is 0 Å².